The number of pyridine rings is 1. The highest BCUT2D eigenvalue weighted by molar-refractivity contribution is 6.36. The van der Waals surface area contributed by atoms with E-state index in [-0.39, 0.29) is 17.3 Å². The van der Waals surface area contributed by atoms with Crippen LogP contribution in [-0.2, 0) is 9.53 Å². The molecule has 6 heteroatoms. The number of carbonyl (C=O) groups is 2. The Labute approximate surface area is 115 Å². The summed E-state index contributed by atoms with van der Waals surface area (Å²) in [6, 6.07) is 1.42. The van der Waals surface area contributed by atoms with Crippen LogP contribution in [0.3, 0.4) is 0 Å². The van der Waals surface area contributed by atoms with Gasteiger partial charge >= 0.3 is 5.97 Å². The molecule has 4 nitrogen and oxygen atoms in total. The van der Waals surface area contributed by atoms with E-state index in [1.165, 1.54) is 12.3 Å². The summed E-state index contributed by atoms with van der Waals surface area (Å²) in [7, 11) is 0. The molecule has 0 fully saturated rings. The molecule has 1 aromatic rings. The van der Waals surface area contributed by atoms with Crippen molar-refractivity contribution in [2.75, 3.05) is 6.61 Å². The van der Waals surface area contributed by atoms with Crippen LogP contribution in [0.1, 0.15) is 30.8 Å². The Morgan fingerprint density at radius 1 is 1.39 bits per heavy atom. The van der Waals surface area contributed by atoms with Crippen molar-refractivity contribution in [3.8, 4) is 0 Å². The Kier molecular flexibility index (Phi) is 5.56. The van der Waals surface area contributed by atoms with E-state index in [4.69, 9.17) is 27.9 Å². The molecule has 1 unspecified atom stereocenters. The Morgan fingerprint density at radius 3 is 2.56 bits per heavy atom. The van der Waals surface area contributed by atoms with Crippen LogP contribution in [0, 0.1) is 5.92 Å². The summed E-state index contributed by atoms with van der Waals surface area (Å²) in [5.74, 6) is -1.88. The zero-order chi connectivity index (χ0) is 13.7. The molecule has 0 spiro atoms. The van der Waals surface area contributed by atoms with Gasteiger partial charge in [0, 0.05) is 6.20 Å². The Bertz CT molecular complexity index is 463. The largest absolute Gasteiger partial charge is 0.465 e. The predicted octanol–water partition coefficient (Wildman–Crippen LogP) is 3.16. The van der Waals surface area contributed by atoms with Crippen molar-refractivity contribution < 1.29 is 14.3 Å². The third kappa shape index (κ3) is 3.43. The molecule has 0 bridgehead atoms. The van der Waals surface area contributed by atoms with E-state index in [1.54, 1.807) is 13.8 Å². The highest BCUT2D eigenvalue weighted by Crippen LogP contribution is 2.22. The smallest absolute Gasteiger partial charge is 0.316 e. The number of ketones is 1. The number of hydrogen-bond acceptors (Lipinski definition) is 4. The van der Waals surface area contributed by atoms with E-state index >= 15 is 0 Å². The van der Waals surface area contributed by atoms with Crippen molar-refractivity contribution in [2.45, 2.75) is 20.3 Å². The zero-order valence-electron chi connectivity index (χ0n) is 10.1. The normalized spacial score (nSPS) is 12.0. The van der Waals surface area contributed by atoms with Crippen LogP contribution < -0.4 is 0 Å². The first-order chi connectivity index (χ1) is 8.51. The molecule has 18 heavy (non-hydrogen) atoms. The van der Waals surface area contributed by atoms with Gasteiger partial charge in [0.1, 0.15) is 11.6 Å². The molecule has 0 aromatic carbocycles. The van der Waals surface area contributed by atoms with E-state index in [1.807, 2.05) is 0 Å². The van der Waals surface area contributed by atoms with Crippen LogP contribution in [0.15, 0.2) is 12.3 Å². The molecule has 1 atom stereocenters. The molecule has 0 saturated carbocycles. The van der Waals surface area contributed by atoms with Crippen LogP contribution in [0.5, 0.6) is 0 Å². The SMILES string of the molecule is CCOC(=O)C(CC)C(=O)c1ncc(Cl)cc1Cl. The first kappa shape index (κ1) is 14.9. The van der Waals surface area contributed by atoms with Crippen LogP contribution in [0.25, 0.3) is 0 Å². The van der Waals surface area contributed by atoms with Crippen LogP contribution in [0.4, 0.5) is 0 Å². The van der Waals surface area contributed by atoms with E-state index in [9.17, 15) is 9.59 Å². The van der Waals surface area contributed by atoms with Crippen LogP contribution in [0.2, 0.25) is 10.0 Å². The van der Waals surface area contributed by atoms with Gasteiger partial charge in [0.15, 0.2) is 5.78 Å². The van der Waals surface area contributed by atoms with E-state index in [2.05, 4.69) is 4.98 Å². The molecule has 1 heterocycles. The summed E-state index contributed by atoms with van der Waals surface area (Å²) in [6.07, 6.45) is 1.65. The highest BCUT2D eigenvalue weighted by atomic mass is 35.5. The molecule has 0 N–H and O–H groups in total. The number of esters is 1. The minimum atomic E-state index is -0.879. The summed E-state index contributed by atoms with van der Waals surface area (Å²) in [4.78, 5) is 27.6. The molecular weight excluding hydrogens is 277 g/mol. The van der Waals surface area contributed by atoms with Gasteiger partial charge in [-0.25, -0.2) is 4.98 Å². The highest BCUT2D eigenvalue weighted by Gasteiger charge is 2.29. The van der Waals surface area contributed by atoms with Crippen LogP contribution in [-0.4, -0.2) is 23.3 Å². The predicted molar refractivity (Wildman–Crippen MR) is 69.0 cm³/mol. The number of nitrogens with zero attached hydrogens (tertiary/aromatic N) is 1. The summed E-state index contributed by atoms with van der Waals surface area (Å²) < 4.78 is 4.84. The Morgan fingerprint density at radius 2 is 2.06 bits per heavy atom. The average molecular weight is 290 g/mol. The van der Waals surface area contributed by atoms with Crippen molar-refractivity contribution in [1.29, 1.82) is 0 Å². The quantitative estimate of drug-likeness (QED) is 0.475. The fourth-order valence-electron chi connectivity index (χ4n) is 1.46. The monoisotopic (exact) mass is 289 g/mol. The molecule has 0 amide bonds. The summed E-state index contributed by atoms with van der Waals surface area (Å²) in [6.45, 7) is 3.64. The zero-order valence-corrected chi connectivity index (χ0v) is 11.6. The van der Waals surface area contributed by atoms with Crippen molar-refractivity contribution in [3.63, 3.8) is 0 Å². The standard InChI is InChI=1S/C12H13Cl2NO3/c1-3-8(12(17)18-4-2)11(16)10-9(14)5-7(13)6-15-10/h5-6,8H,3-4H2,1-2H3. The lowest BCUT2D eigenvalue weighted by Crippen LogP contribution is -2.26. The van der Waals surface area contributed by atoms with Gasteiger partial charge in [-0.1, -0.05) is 30.1 Å². The fraction of sp³-hybridized carbons (Fsp3) is 0.417. The maximum atomic E-state index is 12.1. The topological polar surface area (TPSA) is 56.3 Å². The lowest BCUT2D eigenvalue weighted by atomic mass is 9.98. The first-order valence-electron chi connectivity index (χ1n) is 5.53. The number of carbonyl (C=O) groups excluding carboxylic acids is 2. The number of halogens is 2. The van der Waals surface area contributed by atoms with E-state index < -0.39 is 17.7 Å². The third-order valence-corrected chi connectivity index (χ3v) is 2.83. The van der Waals surface area contributed by atoms with Gasteiger partial charge in [-0.15, -0.1) is 0 Å². The number of aromatic nitrogens is 1. The second-order valence-corrected chi connectivity index (χ2v) is 4.40. The number of ether oxygens (including phenoxy) is 1. The van der Waals surface area contributed by atoms with Crippen molar-refractivity contribution in [2.24, 2.45) is 5.92 Å². The molecule has 0 radical (unpaired) electrons. The second-order valence-electron chi connectivity index (χ2n) is 3.56. The molecular formula is C12H13Cl2NO3. The van der Waals surface area contributed by atoms with E-state index in [0.29, 0.717) is 11.4 Å². The average Bonchev–Trinajstić information content (AvgIpc) is 2.29. The van der Waals surface area contributed by atoms with Gasteiger partial charge in [-0.3, -0.25) is 9.59 Å². The lowest BCUT2D eigenvalue weighted by Gasteiger charge is -2.12. The van der Waals surface area contributed by atoms with Gasteiger partial charge < -0.3 is 4.74 Å². The molecule has 98 valence electrons. The van der Waals surface area contributed by atoms with E-state index in [0.717, 1.165) is 0 Å². The van der Waals surface area contributed by atoms with Gasteiger partial charge in [0.05, 0.1) is 16.7 Å². The second kappa shape index (κ2) is 6.71. The number of rotatable bonds is 5. The molecule has 0 saturated heterocycles. The minimum absolute atomic E-state index is 0.0426. The summed E-state index contributed by atoms with van der Waals surface area (Å²) in [5, 5.41) is 0.469. The molecule has 0 aliphatic heterocycles. The fourth-order valence-corrected chi connectivity index (χ4v) is 1.94. The first-order valence-corrected chi connectivity index (χ1v) is 6.28. The van der Waals surface area contributed by atoms with Crippen molar-refractivity contribution in [1.82, 2.24) is 4.98 Å². The molecule has 0 aliphatic carbocycles. The Balaban J connectivity index is 3.00. The van der Waals surface area contributed by atoms with Gasteiger partial charge in [-0.2, -0.15) is 0 Å². The molecule has 1 rings (SSSR count). The van der Waals surface area contributed by atoms with Crippen molar-refractivity contribution in [3.05, 3.63) is 28.0 Å². The van der Waals surface area contributed by atoms with Crippen LogP contribution >= 0.6 is 23.2 Å². The number of hydrogen-bond donors (Lipinski definition) is 0. The minimum Gasteiger partial charge on any atom is -0.465 e. The summed E-state index contributed by atoms with van der Waals surface area (Å²) >= 11 is 11.6. The van der Waals surface area contributed by atoms with Crippen molar-refractivity contribution >= 4 is 35.0 Å². The molecule has 0 aliphatic rings. The maximum absolute atomic E-state index is 12.1. The van der Waals surface area contributed by atoms with Gasteiger partial charge in [0.25, 0.3) is 0 Å². The van der Waals surface area contributed by atoms with Gasteiger partial charge in [-0.05, 0) is 19.4 Å². The van der Waals surface area contributed by atoms with Gasteiger partial charge in [0.2, 0.25) is 0 Å². The Hall–Kier alpha value is -1.13. The maximum Gasteiger partial charge on any atom is 0.316 e. The summed E-state index contributed by atoms with van der Waals surface area (Å²) in [5.41, 5.74) is 0.0426. The number of Topliss-reactive ketones (excluding diaryl/α,β-unsaturated/α-hetero) is 1. The molecule has 1 aromatic heterocycles. The lowest BCUT2D eigenvalue weighted by molar-refractivity contribution is -0.146. The third-order valence-electron chi connectivity index (χ3n) is 2.34.